The van der Waals surface area contributed by atoms with Gasteiger partial charge in [-0.1, -0.05) is 0 Å². The predicted molar refractivity (Wildman–Crippen MR) is 56.5 cm³/mol. The maximum absolute atomic E-state index is 11.6. The third-order valence-electron chi connectivity index (χ3n) is 2.47. The summed E-state index contributed by atoms with van der Waals surface area (Å²) in [4.78, 5) is 13.4. The fourth-order valence-electron chi connectivity index (χ4n) is 1.63. The normalized spacial score (nSPS) is 21.7. The molecule has 0 saturated carbocycles. The van der Waals surface area contributed by atoms with Gasteiger partial charge in [0.25, 0.3) is 0 Å². The molecule has 0 aromatic heterocycles. The minimum absolute atomic E-state index is 0.0289. The first-order valence-electron chi connectivity index (χ1n) is 5.34. The predicted octanol–water partition coefficient (Wildman–Crippen LogP) is -0.401. The third kappa shape index (κ3) is 4.59. The summed E-state index contributed by atoms with van der Waals surface area (Å²) < 4.78 is 9.98. The molecule has 0 spiro atoms. The zero-order chi connectivity index (χ0) is 11.1. The molecular weight excluding hydrogens is 196 g/mol. The first-order valence-corrected chi connectivity index (χ1v) is 5.34. The topological polar surface area (TPSA) is 64.8 Å². The molecule has 88 valence electrons. The molecule has 0 bridgehead atoms. The van der Waals surface area contributed by atoms with Crippen LogP contribution in [0.15, 0.2) is 0 Å². The molecule has 0 unspecified atom stereocenters. The molecule has 0 radical (unpaired) electrons. The van der Waals surface area contributed by atoms with Crippen molar-refractivity contribution in [2.75, 3.05) is 40.0 Å². The van der Waals surface area contributed by atoms with Crippen LogP contribution in [0, 0.1) is 0 Å². The van der Waals surface area contributed by atoms with Gasteiger partial charge in [-0.25, -0.2) is 0 Å². The summed E-state index contributed by atoms with van der Waals surface area (Å²) in [5.74, 6) is 0.0289. The van der Waals surface area contributed by atoms with Crippen molar-refractivity contribution in [3.63, 3.8) is 0 Å². The fourth-order valence-corrected chi connectivity index (χ4v) is 1.63. The van der Waals surface area contributed by atoms with Gasteiger partial charge in [0.2, 0.25) is 5.91 Å². The van der Waals surface area contributed by atoms with Gasteiger partial charge in [0.1, 0.15) is 6.61 Å². The zero-order valence-corrected chi connectivity index (χ0v) is 9.28. The highest BCUT2D eigenvalue weighted by atomic mass is 16.5. The van der Waals surface area contributed by atoms with Crippen LogP contribution in [0.1, 0.15) is 12.8 Å². The van der Waals surface area contributed by atoms with Gasteiger partial charge in [0.15, 0.2) is 0 Å². The number of carbonyl (C=O) groups is 1. The number of piperidine rings is 1. The lowest BCUT2D eigenvalue weighted by atomic mass is 10.1. The second-order valence-electron chi connectivity index (χ2n) is 3.79. The number of likely N-dealkylation sites (tertiary alicyclic amines) is 1. The Bertz CT molecular complexity index is 199. The van der Waals surface area contributed by atoms with Crippen molar-refractivity contribution < 1.29 is 14.3 Å². The smallest absolute Gasteiger partial charge is 0.248 e. The van der Waals surface area contributed by atoms with Crippen molar-refractivity contribution in [3.05, 3.63) is 0 Å². The molecule has 1 saturated heterocycles. The molecule has 5 nitrogen and oxygen atoms in total. The van der Waals surface area contributed by atoms with Crippen molar-refractivity contribution in [1.82, 2.24) is 4.90 Å². The second-order valence-corrected chi connectivity index (χ2v) is 3.79. The molecule has 1 aliphatic heterocycles. The Morgan fingerprint density at radius 1 is 1.53 bits per heavy atom. The first kappa shape index (κ1) is 12.4. The summed E-state index contributed by atoms with van der Waals surface area (Å²) in [6.07, 6.45) is 2.00. The average Bonchev–Trinajstić information content (AvgIpc) is 2.24. The van der Waals surface area contributed by atoms with Crippen LogP contribution in [0.2, 0.25) is 0 Å². The van der Waals surface area contributed by atoms with E-state index in [0.717, 1.165) is 19.4 Å². The summed E-state index contributed by atoms with van der Waals surface area (Å²) in [5, 5.41) is 0. The summed E-state index contributed by atoms with van der Waals surface area (Å²) >= 11 is 0. The van der Waals surface area contributed by atoms with Crippen LogP contribution in [0.4, 0.5) is 0 Å². The Morgan fingerprint density at radius 3 is 3.00 bits per heavy atom. The Morgan fingerprint density at radius 2 is 2.33 bits per heavy atom. The molecule has 1 atom stereocenters. The van der Waals surface area contributed by atoms with Crippen LogP contribution >= 0.6 is 0 Å². The quantitative estimate of drug-likeness (QED) is 0.635. The van der Waals surface area contributed by atoms with Gasteiger partial charge in [-0.15, -0.1) is 0 Å². The standard InChI is InChI=1S/C10H20N2O3/c1-14-5-6-15-8-10(13)12-4-2-3-9(11)7-12/h9H,2-8,11H2,1H3/t9-/m1/s1. The molecule has 2 N–H and O–H groups in total. The number of carbonyl (C=O) groups excluding carboxylic acids is 1. The van der Waals surface area contributed by atoms with Crippen molar-refractivity contribution in [2.45, 2.75) is 18.9 Å². The molecular formula is C10H20N2O3. The molecule has 1 aliphatic rings. The summed E-state index contributed by atoms with van der Waals surface area (Å²) in [7, 11) is 1.61. The number of hydrogen-bond acceptors (Lipinski definition) is 4. The minimum Gasteiger partial charge on any atom is -0.382 e. The van der Waals surface area contributed by atoms with Gasteiger partial charge in [0, 0.05) is 26.2 Å². The highest BCUT2D eigenvalue weighted by Crippen LogP contribution is 2.08. The Labute approximate surface area is 90.5 Å². The first-order chi connectivity index (χ1) is 7.24. The maximum atomic E-state index is 11.6. The van der Waals surface area contributed by atoms with E-state index < -0.39 is 0 Å². The van der Waals surface area contributed by atoms with Gasteiger partial charge in [-0.05, 0) is 12.8 Å². The lowest BCUT2D eigenvalue weighted by Crippen LogP contribution is -2.47. The molecule has 5 heteroatoms. The lowest BCUT2D eigenvalue weighted by molar-refractivity contribution is -0.137. The van der Waals surface area contributed by atoms with Crippen molar-refractivity contribution in [1.29, 1.82) is 0 Å². The molecule has 0 aromatic rings. The number of nitrogens with zero attached hydrogens (tertiary/aromatic N) is 1. The maximum Gasteiger partial charge on any atom is 0.248 e. The Hall–Kier alpha value is -0.650. The Kier molecular flexibility index (Phi) is 5.60. The highest BCUT2D eigenvalue weighted by Gasteiger charge is 2.20. The SMILES string of the molecule is COCCOCC(=O)N1CCC[C@@H](N)C1. The summed E-state index contributed by atoms with van der Waals surface area (Å²) in [6.45, 7) is 2.58. The van der Waals surface area contributed by atoms with Crippen molar-refractivity contribution in [3.8, 4) is 0 Å². The molecule has 1 heterocycles. The van der Waals surface area contributed by atoms with E-state index in [-0.39, 0.29) is 18.6 Å². The van der Waals surface area contributed by atoms with E-state index in [0.29, 0.717) is 19.8 Å². The largest absolute Gasteiger partial charge is 0.382 e. The van der Waals surface area contributed by atoms with Gasteiger partial charge >= 0.3 is 0 Å². The summed E-state index contributed by atoms with van der Waals surface area (Å²) in [5.41, 5.74) is 5.78. The van der Waals surface area contributed by atoms with E-state index >= 15 is 0 Å². The summed E-state index contributed by atoms with van der Waals surface area (Å²) in [6, 6.07) is 0.127. The minimum atomic E-state index is 0.0289. The number of hydrogen-bond donors (Lipinski definition) is 1. The van der Waals surface area contributed by atoms with Crippen LogP contribution < -0.4 is 5.73 Å². The molecule has 1 amide bonds. The van der Waals surface area contributed by atoms with Crippen molar-refractivity contribution >= 4 is 5.91 Å². The molecule has 0 aromatic carbocycles. The molecule has 15 heavy (non-hydrogen) atoms. The Balaban J connectivity index is 2.15. The van der Waals surface area contributed by atoms with E-state index in [9.17, 15) is 4.79 Å². The average molecular weight is 216 g/mol. The van der Waals surface area contributed by atoms with E-state index in [1.165, 1.54) is 0 Å². The van der Waals surface area contributed by atoms with E-state index in [4.69, 9.17) is 15.2 Å². The number of rotatable bonds is 5. The van der Waals surface area contributed by atoms with Gasteiger partial charge in [-0.3, -0.25) is 4.79 Å². The number of methoxy groups -OCH3 is 1. The van der Waals surface area contributed by atoms with Gasteiger partial charge < -0.3 is 20.1 Å². The van der Waals surface area contributed by atoms with Crippen LogP contribution in [0.25, 0.3) is 0 Å². The second kappa shape index (κ2) is 6.76. The number of amides is 1. The number of ether oxygens (including phenoxy) is 2. The highest BCUT2D eigenvalue weighted by molar-refractivity contribution is 5.77. The zero-order valence-electron chi connectivity index (χ0n) is 9.28. The molecule has 1 fully saturated rings. The number of nitrogens with two attached hydrogens (primary N) is 1. The van der Waals surface area contributed by atoms with Crippen LogP contribution in [0.5, 0.6) is 0 Å². The van der Waals surface area contributed by atoms with E-state index in [2.05, 4.69) is 0 Å². The van der Waals surface area contributed by atoms with Gasteiger partial charge in [0.05, 0.1) is 13.2 Å². The van der Waals surface area contributed by atoms with Gasteiger partial charge in [-0.2, -0.15) is 0 Å². The third-order valence-corrected chi connectivity index (χ3v) is 2.47. The van der Waals surface area contributed by atoms with Crippen LogP contribution in [-0.4, -0.2) is 56.9 Å². The molecule has 1 rings (SSSR count). The van der Waals surface area contributed by atoms with Crippen LogP contribution in [0.3, 0.4) is 0 Å². The van der Waals surface area contributed by atoms with E-state index in [1.54, 1.807) is 12.0 Å². The van der Waals surface area contributed by atoms with Crippen molar-refractivity contribution in [2.24, 2.45) is 5.73 Å². The lowest BCUT2D eigenvalue weighted by Gasteiger charge is -2.30. The van der Waals surface area contributed by atoms with Crippen LogP contribution in [-0.2, 0) is 14.3 Å². The van der Waals surface area contributed by atoms with E-state index in [1.807, 2.05) is 0 Å². The fraction of sp³-hybridized carbons (Fsp3) is 0.900. The monoisotopic (exact) mass is 216 g/mol. The molecule has 0 aliphatic carbocycles.